The van der Waals surface area contributed by atoms with Crippen LogP contribution in [0.3, 0.4) is 0 Å². The van der Waals surface area contributed by atoms with Crippen LogP contribution >= 0.6 is 0 Å². The van der Waals surface area contributed by atoms with Crippen LogP contribution in [0.25, 0.3) is 10.8 Å². The Morgan fingerprint density at radius 2 is 1.78 bits per heavy atom. The normalized spacial score (nSPS) is 11.8. The maximum Gasteiger partial charge on any atom is 0.180 e. The first-order valence-electron chi connectivity index (χ1n) is 5.93. The Kier molecular flexibility index (Phi) is 3.99. The van der Waals surface area contributed by atoms with Gasteiger partial charge in [0.15, 0.2) is 9.84 Å². The Hall–Kier alpha value is -1.39. The molecule has 4 heteroatoms. The molecule has 0 atom stereocenters. The second-order valence-electron chi connectivity index (χ2n) is 4.02. The summed E-state index contributed by atoms with van der Waals surface area (Å²) < 4.78 is 29.2. The molecule has 0 saturated heterocycles. The van der Waals surface area contributed by atoms with Gasteiger partial charge in [-0.2, -0.15) is 0 Å². The fraction of sp³-hybridized carbons (Fsp3) is 0.286. The van der Waals surface area contributed by atoms with E-state index in [4.69, 9.17) is 4.74 Å². The van der Waals surface area contributed by atoms with Gasteiger partial charge in [-0.05, 0) is 29.8 Å². The van der Waals surface area contributed by atoms with Crippen molar-refractivity contribution in [3.63, 3.8) is 0 Å². The summed E-state index contributed by atoms with van der Waals surface area (Å²) in [7, 11) is -3.25. The number of rotatable bonds is 5. The molecule has 2 aromatic rings. The van der Waals surface area contributed by atoms with Crippen LogP contribution in [-0.2, 0) is 14.6 Å². The lowest BCUT2D eigenvalue weighted by molar-refractivity contribution is 0.163. The molecule has 0 N–H and O–H groups in total. The lowest BCUT2D eigenvalue weighted by atomic mass is 10.1. The summed E-state index contributed by atoms with van der Waals surface area (Å²) in [5.41, 5.74) is 0. The average molecular weight is 264 g/mol. The minimum Gasteiger partial charge on any atom is -0.381 e. The standard InChI is InChI=1S/C14H16O3S/c1-2-17-9-10-18(15,16)14-8-7-12-5-3-4-6-13(12)11-14/h3-8,11H,2,9-10H2,1H3. The second-order valence-corrected chi connectivity index (χ2v) is 6.13. The molecule has 3 nitrogen and oxygen atoms in total. The number of ether oxygens (including phenoxy) is 1. The maximum atomic E-state index is 12.1. The third-order valence-corrected chi connectivity index (χ3v) is 4.46. The SMILES string of the molecule is CCOCCS(=O)(=O)c1ccc2ccccc2c1. The molecule has 0 unspecified atom stereocenters. The molecule has 2 aromatic carbocycles. The molecule has 18 heavy (non-hydrogen) atoms. The zero-order valence-electron chi connectivity index (χ0n) is 10.3. The molecule has 0 fully saturated rings. The van der Waals surface area contributed by atoms with E-state index in [1.165, 1.54) is 0 Å². The van der Waals surface area contributed by atoms with Crippen molar-refractivity contribution in [1.82, 2.24) is 0 Å². The topological polar surface area (TPSA) is 43.4 Å². The Balaban J connectivity index is 2.30. The van der Waals surface area contributed by atoms with Crippen LogP contribution < -0.4 is 0 Å². The molecule has 0 amide bonds. The van der Waals surface area contributed by atoms with E-state index in [1.54, 1.807) is 12.1 Å². The van der Waals surface area contributed by atoms with Crippen molar-refractivity contribution in [1.29, 1.82) is 0 Å². The maximum absolute atomic E-state index is 12.1. The first kappa shape index (κ1) is 13.1. The molecule has 0 aliphatic heterocycles. The van der Waals surface area contributed by atoms with Crippen LogP contribution in [0.1, 0.15) is 6.92 Å². The zero-order chi connectivity index (χ0) is 13.0. The van der Waals surface area contributed by atoms with Gasteiger partial charge in [-0.1, -0.05) is 30.3 Å². The van der Waals surface area contributed by atoms with E-state index in [-0.39, 0.29) is 12.4 Å². The van der Waals surface area contributed by atoms with Gasteiger partial charge in [0.25, 0.3) is 0 Å². The Morgan fingerprint density at radius 1 is 1.06 bits per heavy atom. The minimum absolute atomic E-state index is 0.0270. The van der Waals surface area contributed by atoms with Gasteiger partial charge >= 0.3 is 0 Å². The van der Waals surface area contributed by atoms with Gasteiger partial charge in [0, 0.05) is 6.61 Å². The highest BCUT2D eigenvalue weighted by atomic mass is 32.2. The quantitative estimate of drug-likeness (QED) is 0.780. The Labute approximate surface area is 107 Å². The van der Waals surface area contributed by atoms with Gasteiger partial charge in [-0.15, -0.1) is 0 Å². The van der Waals surface area contributed by atoms with E-state index in [1.807, 2.05) is 37.3 Å². The molecule has 96 valence electrons. The summed E-state index contributed by atoms with van der Waals surface area (Å²) in [4.78, 5) is 0.362. The number of hydrogen-bond acceptors (Lipinski definition) is 3. The number of sulfone groups is 1. The average Bonchev–Trinajstić information content (AvgIpc) is 2.38. The van der Waals surface area contributed by atoms with Crippen LogP contribution in [0.15, 0.2) is 47.4 Å². The number of fused-ring (bicyclic) bond motifs is 1. The summed E-state index contributed by atoms with van der Waals surface area (Å²) >= 11 is 0. The third kappa shape index (κ3) is 2.89. The monoisotopic (exact) mass is 264 g/mol. The van der Waals surface area contributed by atoms with E-state index in [0.717, 1.165) is 10.8 Å². The van der Waals surface area contributed by atoms with Crippen molar-refractivity contribution in [2.24, 2.45) is 0 Å². The summed E-state index contributed by atoms with van der Waals surface area (Å²) in [6.07, 6.45) is 0. The van der Waals surface area contributed by atoms with E-state index < -0.39 is 9.84 Å². The predicted molar refractivity (Wildman–Crippen MR) is 72.5 cm³/mol. The molecule has 0 aliphatic rings. The van der Waals surface area contributed by atoms with Crippen molar-refractivity contribution in [3.8, 4) is 0 Å². The number of hydrogen-bond donors (Lipinski definition) is 0. The molecule has 0 aliphatic carbocycles. The first-order valence-corrected chi connectivity index (χ1v) is 7.58. The predicted octanol–water partition coefficient (Wildman–Crippen LogP) is 2.65. The fourth-order valence-corrected chi connectivity index (χ4v) is 2.95. The molecule has 0 saturated carbocycles. The van der Waals surface area contributed by atoms with Crippen molar-refractivity contribution in [3.05, 3.63) is 42.5 Å². The van der Waals surface area contributed by atoms with E-state index in [2.05, 4.69) is 0 Å². The Bertz CT molecular complexity index is 632. The molecule has 0 bridgehead atoms. The lowest BCUT2D eigenvalue weighted by Crippen LogP contribution is -2.12. The number of benzene rings is 2. The van der Waals surface area contributed by atoms with Crippen LogP contribution in [0.2, 0.25) is 0 Å². The second kappa shape index (κ2) is 5.50. The van der Waals surface area contributed by atoms with Crippen molar-refractivity contribution in [2.45, 2.75) is 11.8 Å². The molecular formula is C14H16O3S. The molecule has 0 spiro atoms. The zero-order valence-corrected chi connectivity index (χ0v) is 11.1. The summed E-state index contributed by atoms with van der Waals surface area (Å²) in [5.74, 6) is 0.0270. The van der Waals surface area contributed by atoms with Gasteiger partial charge in [0.05, 0.1) is 17.3 Å². The van der Waals surface area contributed by atoms with Crippen LogP contribution in [0.5, 0.6) is 0 Å². The minimum atomic E-state index is -3.25. The smallest absolute Gasteiger partial charge is 0.180 e. The lowest BCUT2D eigenvalue weighted by Gasteiger charge is -2.06. The van der Waals surface area contributed by atoms with Crippen LogP contribution in [-0.4, -0.2) is 27.4 Å². The molecule has 0 heterocycles. The third-order valence-electron chi connectivity index (χ3n) is 2.78. The van der Waals surface area contributed by atoms with Gasteiger partial charge in [0.1, 0.15) is 0 Å². The van der Waals surface area contributed by atoms with E-state index in [9.17, 15) is 8.42 Å². The van der Waals surface area contributed by atoms with Crippen LogP contribution in [0, 0.1) is 0 Å². The largest absolute Gasteiger partial charge is 0.381 e. The molecule has 0 aromatic heterocycles. The van der Waals surface area contributed by atoms with Gasteiger partial charge in [-0.25, -0.2) is 8.42 Å². The molecule has 0 radical (unpaired) electrons. The summed E-state index contributed by atoms with van der Waals surface area (Å²) in [6.45, 7) is 2.63. The summed E-state index contributed by atoms with van der Waals surface area (Å²) in [6, 6.07) is 12.9. The van der Waals surface area contributed by atoms with E-state index >= 15 is 0 Å². The Morgan fingerprint density at radius 3 is 2.50 bits per heavy atom. The van der Waals surface area contributed by atoms with Gasteiger partial charge in [-0.3, -0.25) is 0 Å². The van der Waals surface area contributed by atoms with Crippen LogP contribution in [0.4, 0.5) is 0 Å². The highest BCUT2D eigenvalue weighted by Crippen LogP contribution is 2.19. The first-order chi connectivity index (χ1) is 8.63. The highest BCUT2D eigenvalue weighted by Gasteiger charge is 2.14. The molecule has 2 rings (SSSR count). The highest BCUT2D eigenvalue weighted by molar-refractivity contribution is 7.91. The van der Waals surface area contributed by atoms with Gasteiger partial charge in [0.2, 0.25) is 0 Å². The van der Waals surface area contributed by atoms with Crippen molar-refractivity contribution in [2.75, 3.05) is 19.0 Å². The molecular weight excluding hydrogens is 248 g/mol. The summed E-state index contributed by atoms with van der Waals surface area (Å²) in [5, 5.41) is 1.98. The van der Waals surface area contributed by atoms with Crippen molar-refractivity contribution >= 4 is 20.6 Å². The van der Waals surface area contributed by atoms with Crippen molar-refractivity contribution < 1.29 is 13.2 Å². The van der Waals surface area contributed by atoms with E-state index in [0.29, 0.717) is 11.5 Å². The van der Waals surface area contributed by atoms with Gasteiger partial charge < -0.3 is 4.74 Å². The fourth-order valence-electron chi connectivity index (χ4n) is 1.79.